The van der Waals surface area contributed by atoms with Crippen LogP contribution in [0.3, 0.4) is 0 Å². The maximum atomic E-state index is 10.4. The minimum absolute atomic E-state index is 0.139. The van der Waals surface area contributed by atoms with Crippen molar-refractivity contribution in [2.45, 2.75) is 13.8 Å². The Hall–Kier alpha value is -3.99. The van der Waals surface area contributed by atoms with Crippen LogP contribution in [0, 0.1) is 31.8 Å². The molecule has 0 aliphatic rings. The molecular formula is C28H12B3Cl4N8. The first-order valence-electron chi connectivity index (χ1n) is 12.4. The first-order chi connectivity index (χ1) is 20.6. The predicted octanol–water partition coefficient (Wildman–Crippen LogP) is 4.84. The molecule has 0 unspecified atom stereocenters. The van der Waals surface area contributed by atoms with E-state index in [0.29, 0.717) is 75.0 Å². The Morgan fingerprint density at radius 2 is 1.33 bits per heavy atom. The number of fused-ring (bicyclic) bond motifs is 3. The van der Waals surface area contributed by atoms with E-state index in [-0.39, 0.29) is 22.7 Å². The molecule has 43 heavy (non-hydrogen) atoms. The minimum atomic E-state index is 0.139. The average molecular weight is 635 g/mol. The van der Waals surface area contributed by atoms with Crippen molar-refractivity contribution in [3.63, 3.8) is 0 Å². The van der Waals surface area contributed by atoms with Gasteiger partial charge in [-0.15, -0.1) is 0 Å². The predicted molar refractivity (Wildman–Crippen MR) is 173 cm³/mol. The first-order valence-corrected chi connectivity index (χ1v) is 13.9. The summed E-state index contributed by atoms with van der Waals surface area (Å²) in [5, 5.41) is 13.8. The summed E-state index contributed by atoms with van der Waals surface area (Å²) in [6.45, 7) is 11.7. The molecule has 0 amide bonds. The molecule has 0 bridgehead atoms. The maximum Gasteiger partial charge on any atom is 0.236 e. The monoisotopic (exact) mass is 633 g/mol. The molecule has 2 aromatic carbocycles. The van der Waals surface area contributed by atoms with Crippen molar-refractivity contribution in [1.29, 1.82) is 5.26 Å². The van der Waals surface area contributed by atoms with E-state index >= 15 is 0 Å². The van der Waals surface area contributed by atoms with E-state index < -0.39 is 0 Å². The third-order valence-corrected chi connectivity index (χ3v) is 8.60. The van der Waals surface area contributed by atoms with Gasteiger partial charge in [-0.3, -0.25) is 15.0 Å². The van der Waals surface area contributed by atoms with Crippen LogP contribution in [0.2, 0.25) is 20.1 Å². The second-order valence-corrected chi connectivity index (χ2v) is 11.1. The number of aryl methyl sites for hydroxylation is 2. The third-order valence-electron chi connectivity index (χ3n) is 7.15. The molecule has 4 heterocycles. The molecule has 0 fully saturated rings. The number of rotatable bonds is 3. The highest BCUT2D eigenvalue weighted by Gasteiger charge is 2.23. The largest absolute Gasteiger partial charge is 0.408 e. The molecule has 6 rings (SSSR count). The van der Waals surface area contributed by atoms with E-state index in [2.05, 4.69) is 30.9 Å². The van der Waals surface area contributed by atoms with Crippen LogP contribution in [0.4, 0.5) is 0 Å². The van der Waals surface area contributed by atoms with E-state index in [1.54, 1.807) is 35.7 Å². The highest BCUT2D eigenvalue weighted by atomic mass is 35.5. The van der Waals surface area contributed by atoms with Gasteiger partial charge in [0.1, 0.15) is 17.3 Å². The van der Waals surface area contributed by atoms with Gasteiger partial charge in [0.05, 0.1) is 66.0 Å². The molecule has 0 N–H and O–H groups in total. The van der Waals surface area contributed by atoms with E-state index in [1.165, 1.54) is 24.2 Å². The number of halogens is 4. The van der Waals surface area contributed by atoms with Crippen LogP contribution in [0.5, 0.6) is 0 Å². The summed E-state index contributed by atoms with van der Waals surface area (Å²) in [6.07, 6.45) is 2.96. The molecule has 0 saturated carbocycles. The van der Waals surface area contributed by atoms with E-state index in [9.17, 15) is 5.26 Å². The van der Waals surface area contributed by atoms with Gasteiger partial charge in [-0.05, 0) is 38.1 Å². The number of hydrogen-bond acceptors (Lipinski definition) is 5. The topological polar surface area (TPSA) is 89.6 Å². The van der Waals surface area contributed by atoms with Crippen LogP contribution < -0.4 is 10.7 Å². The molecule has 6 aromatic rings. The summed E-state index contributed by atoms with van der Waals surface area (Å²) in [5.74, 6) is 0. The Bertz CT molecular complexity index is 2400. The Labute approximate surface area is 268 Å². The SMILES string of the molecule is [B][B]n1c(C)c2/c(=C(\[N+]#[C-])c3cnc4cc(Cl)c(Cl)cc4n3)n([B])c(C)c2/c1=C(\C#N)c1cnc2cc(Cl)c(Cl)cc2n1. The average Bonchev–Trinajstić information content (AvgIpc) is 3.41. The summed E-state index contributed by atoms with van der Waals surface area (Å²) in [4.78, 5) is 22.0. The number of nitrogens with zero attached hydrogens (tertiary/aromatic N) is 8. The minimum Gasteiger partial charge on any atom is -0.408 e. The van der Waals surface area contributed by atoms with Crippen LogP contribution in [-0.4, -0.2) is 51.9 Å². The van der Waals surface area contributed by atoms with Crippen molar-refractivity contribution in [1.82, 2.24) is 28.9 Å². The number of hydrogen-bond donors (Lipinski definition) is 0. The molecule has 0 aliphatic heterocycles. The van der Waals surface area contributed by atoms with Gasteiger partial charge < -0.3 is 8.96 Å². The van der Waals surface area contributed by atoms with Crippen LogP contribution in [0.25, 0.3) is 49.0 Å². The molecule has 5 radical (unpaired) electrons. The molecule has 8 nitrogen and oxygen atoms in total. The molecular weight excluding hydrogens is 623 g/mol. The van der Waals surface area contributed by atoms with Gasteiger partial charge in [0.2, 0.25) is 13.7 Å². The van der Waals surface area contributed by atoms with Gasteiger partial charge in [0.25, 0.3) is 0 Å². The Kier molecular flexibility index (Phi) is 7.40. The number of aromatic nitrogens is 6. The lowest BCUT2D eigenvalue weighted by Gasteiger charge is -2.09. The number of benzene rings is 2. The van der Waals surface area contributed by atoms with Crippen molar-refractivity contribution in [2.24, 2.45) is 0 Å². The maximum absolute atomic E-state index is 10.4. The molecule has 15 heteroatoms. The zero-order valence-electron chi connectivity index (χ0n) is 22.3. The molecule has 0 aliphatic carbocycles. The quantitative estimate of drug-likeness (QED) is 0.205. The second kappa shape index (κ2) is 10.9. The fourth-order valence-corrected chi connectivity index (χ4v) is 5.77. The molecule has 0 saturated heterocycles. The summed E-state index contributed by atoms with van der Waals surface area (Å²) < 4.78 is 3.06. The zero-order valence-corrected chi connectivity index (χ0v) is 25.3. The summed E-state index contributed by atoms with van der Waals surface area (Å²) in [5.41, 5.74) is 4.03. The van der Waals surface area contributed by atoms with Crippen molar-refractivity contribution in [3.8, 4) is 6.07 Å². The summed E-state index contributed by atoms with van der Waals surface area (Å²) in [6, 6.07) is 8.64. The molecule has 4 aromatic heterocycles. The lowest BCUT2D eigenvalue weighted by atomic mass is 9.66. The normalized spacial score (nSPS) is 12.8. The van der Waals surface area contributed by atoms with E-state index in [1.807, 2.05) is 6.92 Å². The molecule has 201 valence electrons. The van der Waals surface area contributed by atoms with Gasteiger partial charge in [-0.2, -0.15) is 5.26 Å². The van der Waals surface area contributed by atoms with Gasteiger partial charge in [0, 0.05) is 41.4 Å². The van der Waals surface area contributed by atoms with Crippen molar-refractivity contribution < 1.29 is 0 Å². The first kappa shape index (κ1) is 29.1. The van der Waals surface area contributed by atoms with Crippen molar-refractivity contribution in [3.05, 3.63) is 102 Å². The van der Waals surface area contributed by atoms with Gasteiger partial charge >= 0.3 is 0 Å². The van der Waals surface area contributed by atoms with Crippen molar-refractivity contribution >= 4 is 114 Å². The molecule has 0 spiro atoms. The van der Waals surface area contributed by atoms with E-state index in [4.69, 9.17) is 68.7 Å². The Balaban J connectivity index is 1.74. The standard InChI is InChI=1S/C28H12B3Cl4N8/c1-11-24-25(28(42(11)30)26(37-3)23-10-39-19-5-15(33)17(35)7-21(19)41-23)12(2)43(31-29)27(24)13(8-36)22-9-38-18-4-14(32)16(34)6-20(18)40-22/h4-7,9-10H,1-2H3/b27-13-,28-26+. The van der Waals surface area contributed by atoms with Gasteiger partial charge in [-0.1, -0.05) is 46.4 Å². The highest BCUT2D eigenvalue weighted by Crippen LogP contribution is 2.29. The van der Waals surface area contributed by atoms with Crippen LogP contribution in [0.15, 0.2) is 36.7 Å². The Morgan fingerprint density at radius 3 is 1.84 bits per heavy atom. The molecule has 0 atom stereocenters. The fraction of sp³-hybridized carbons (Fsp3) is 0.0714. The van der Waals surface area contributed by atoms with Crippen LogP contribution in [-0.2, 0) is 0 Å². The van der Waals surface area contributed by atoms with Crippen molar-refractivity contribution in [2.75, 3.05) is 0 Å². The number of nitriles is 1. The van der Waals surface area contributed by atoms with Crippen LogP contribution >= 0.6 is 46.4 Å². The highest BCUT2D eigenvalue weighted by molar-refractivity contribution is 6.88. The summed E-state index contributed by atoms with van der Waals surface area (Å²) >= 11 is 24.7. The van der Waals surface area contributed by atoms with Crippen LogP contribution in [0.1, 0.15) is 22.8 Å². The lowest BCUT2D eigenvalue weighted by Crippen LogP contribution is -2.27. The summed E-state index contributed by atoms with van der Waals surface area (Å²) in [7, 11) is 14.1. The lowest BCUT2D eigenvalue weighted by molar-refractivity contribution is 1.06. The third kappa shape index (κ3) is 4.56. The van der Waals surface area contributed by atoms with Gasteiger partial charge in [-0.25, -0.2) is 9.83 Å². The fourth-order valence-electron chi connectivity index (χ4n) is 5.14. The Morgan fingerprint density at radius 1 is 0.837 bits per heavy atom. The zero-order chi connectivity index (χ0) is 30.7. The second-order valence-electron chi connectivity index (χ2n) is 9.47. The smallest absolute Gasteiger partial charge is 0.236 e. The van der Waals surface area contributed by atoms with Gasteiger partial charge in [0.15, 0.2) is 7.31 Å². The van der Waals surface area contributed by atoms with E-state index in [0.717, 1.165) is 0 Å².